The quantitative estimate of drug-likeness (QED) is 0.647. The highest BCUT2D eigenvalue weighted by Gasteiger charge is 2.24. The molecule has 0 saturated carbocycles. The van der Waals surface area contributed by atoms with Gasteiger partial charge in [-0.1, -0.05) is 11.2 Å². The molecule has 0 aliphatic carbocycles. The molecule has 7 heteroatoms. The van der Waals surface area contributed by atoms with Crippen molar-refractivity contribution < 1.29 is 23.0 Å². The molecule has 4 rings (SSSR count). The van der Waals surface area contributed by atoms with Crippen molar-refractivity contribution in [2.75, 3.05) is 19.8 Å². The Bertz CT molecular complexity index is 790. The number of hydrogen-bond donors (Lipinski definition) is 0. The number of epoxide rings is 1. The van der Waals surface area contributed by atoms with Crippen LogP contribution in [-0.2, 0) is 4.74 Å². The third-order valence-corrected chi connectivity index (χ3v) is 3.23. The van der Waals surface area contributed by atoms with Crippen molar-refractivity contribution in [1.82, 2.24) is 10.2 Å². The number of rotatable bonds is 6. The van der Waals surface area contributed by atoms with Gasteiger partial charge < -0.3 is 23.0 Å². The molecule has 22 heavy (non-hydrogen) atoms. The van der Waals surface area contributed by atoms with Gasteiger partial charge in [0, 0.05) is 6.07 Å². The van der Waals surface area contributed by atoms with Crippen molar-refractivity contribution in [1.29, 1.82) is 0 Å². The molecule has 1 saturated heterocycles. The molecule has 3 aromatic rings. The molecule has 114 valence electrons. The average molecular weight is 302 g/mol. The minimum absolute atomic E-state index is 0.125. The SMILES string of the molecule is CCOc1nnc(-c2cc3c(OC[C@@H]4CO4)cccc3o2)o1. The van der Waals surface area contributed by atoms with Gasteiger partial charge in [-0.2, -0.15) is 0 Å². The van der Waals surface area contributed by atoms with Crippen LogP contribution in [-0.4, -0.2) is 36.1 Å². The number of fused-ring (bicyclic) bond motifs is 1. The second-order valence-corrected chi connectivity index (χ2v) is 4.85. The Kier molecular flexibility index (Phi) is 3.19. The largest absolute Gasteiger partial charge is 0.490 e. The van der Waals surface area contributed by atoms with E-state index in [2.05, 4.69) is 10.2 Å². The second-order valence-electron chi connectivity index (χ2n) is 4.85. The molecule has 0 radical (unpaired) electrons. The lowest BCUT2D eigenvalue weighted by Gasteiger charge is -2.04. The van der Waals surface area contributed by atoms with E-state index in [1.54, 1.807) is 0 Å². The van der Waals surface area contributed by atoms with Crippen LogP contribution in [0.5, 0.6) is 11.8 Å². The average Bonchev–Trinajstić information content (AvgIpc) is 3.06. The standard InChI is InChI=1S/C15H14N2O5/c1-2-18-15-17-16-14(22-15)13-6-10-11(20-8-9-7-19-9)4-3-5-12(10)21-13/h3-6,9H,2,7-8H2,1H3/t9-/m0/s1. The first kappa shape index (κ1) is 13.1. The van der Waals surface area contributed by atoms with Crippen LogP contribution in [0.3, 0.4) is 0 Å². The van der Waals surface area contributed by atoms with E-state index in [-0.39, 0.29) is 18.1 Å². The fourth-order valence-corrected chi connectivity index (χ4v) is 2.10. The van der Waals surface area contributed by atoms with Crippen LogP contribution in [0.15, 0.2) is 33.1 Å². The Hall–Kier alpha value is -2.54. The first-order valence-electron chi connectivity index (χ1n) is 7.07. The number of benzene rings is 1. The summed E-state index contributed by atoms with van der Waals surface area (Å²) in [6.45, 7) is 3.60. The molecular weight excluding hydrogens is 288 g/mol. The first-order valence-corrected chi connectivity index (χ1v) is 7.07. The molecule has 3 heterocycles. The molecule has 1 fully saturated rings. The minimum Gasteiger partial charge on any atom is -0.490 e. The molecule has 1 aliphatic heterocycles. The summed E-state index contributed by atoms with van der Waals surface area (Å²) in [5.74, 6) is 1.50. The zero-order valence-corrected chi connectivity index (χ0v) is 11.9. The second kappa shape index (κ2) is 5.34. The van der Waals surface area contributed by atoms with Gasteiger partial charge in [-0.3, -0.25) is 0 Å². The highest BCUT2D eigenvalue weighted by molar-refractivity contribution is 5.87. The third kappa shape index (κ3) is 2.50. The molecule has 1 aromatic carbocycles. The van der Waals surface area contributed by atoms with Crippen molar-refractivity contribution in [3.63, 3.8) is 0 Å². The van der Waals surface area contributed by atoms with Crippen LogP contribution in [0.25, 0.3) is 22.6 Å². The highest BCUT2D eigenvalue weighted by atomic mass is 16.6. The van der Waals surface area contributed by atoms with Crippen LogP contribution in [0.2, 0.25) is 0 Å². The fraction of sp³-hybridized carbons (Fsp3) is 0.333. The van der Waals surface area contributed by atoms with E-state index in [1.165, 1.54) is 0 Å². The van der Waals surface area contributed by atoms with E-state index in [0.717, 1.165) is 17.7 Å². The molecule has 0 amide bonds. The summed E-state index contributed by atoms with van der Waals surface area (Å²) >= 11 is 0. The normalized spacial score (nSPS) is 16.9. The first-order chi connectivity index (χ1) is 10.8. The predicted octanol–water partition coefficient (Wildman–Crippen LogP) is 2.66. The molecule has 0 bridgehead atoms. The van der Waals surface area contributed by atoms with Crippen LogP contribution in [0.1, 0.15) is 6.92 Å². The maximum absolute atomic E-state index is 5.76. The molecular formula is C15H14N2O5. The van der Waals surface area contributed by atoms with Crippen molar-refractivity contribution in [2.45, 2.75) is 13.0 Å². The summed E-state index contributed by atoms with van der Waals surface area (Å²) < 4.78 is 27.2. The molecule has 0 spiro atoms. The monoisotopic (exact) mass is 302 g/mol. The molecule has 1 atom stereocenters. The van der Waals surface area contributed by atoms with Gasteiger partial charge in [0.05, 0.1) is 18.6 Å². The Morgan fingerprint density at radius 1 is 1.23 bits per heavy atom. The highest BCUT2D eigenvalue weighted by Crippen LogP contribution is 2.33. The molecule has 0 unspecified atom stereocenters. The summed E-state index contributed by atoms with van der Waals surface area (Å²) in [5, 5.41) is 8.57. The summed E-state index contributed by atoms with van der Waals surface area (Å²) in [7, 11) is 0. The molecule has 0 N–H and O–H groups in total. The van der Waals surface area contributed by atoms with E-state index < -0.39 is 0 Å². The number of ether oxygens (including phenoxy) is 3. The Labute approximate surface area is 125 Å². The van der Waals surface area contributed by atoms with Crippen LogP contribution >= 0.6 is 0 Å². The van der Waals surface area contributed by atoms with Crippen LogP contribution in [0.4, 0.5) is 0 Å². The minimum atomic E-state index is 0.125. The lowest BCUT2D eigenvalue weighted by molar-refractivity contribution is 0.246. The van der Waals surface area contributed by atoms with E-state index in [1.807, 2.05) is 31.2 Å². The van der Waals surface area contributed by atoms with E-state index >= 15 is 0 Å². The zero-order valence-electron chi connectivity index (χ0n) is 11.9. The maximum Gasteiger partial charge on any atom is 0.415 e. The van der Waals surface area contributed by atoms with Gasteiger partial charge in [-0.05, 0) is 19.1 Å². The van der Waals surface area contributed by atoms with E-state index in [0.29, 0.717) is 24.6 Å². The zero-order chi connectivity index (χ0) is 14.9. The maximum atomic E-state index is 5.76. The Morgan fingerprint density at radius 2 is 2.14 bits per heavy atom. The van der Waals surface area contributed by atoms with E-state index in [4.69, 9.17) is 23.0 Å². The third-order valence-electron chi connectivity index (χ3n) is 3.23. The topological polar surface area (TPSA) is 83.1 Å². The number of hydrogen-bond acceptors (Lipinski definition) is 7. The summed E-state index contributed by atoms with van der Waals surface area (Å²) in [6.07, 6.45) is 0.326. The predicted molar refractivity (Wildman–Crippen MR) is 75.9 cm³/mol. The lowest BCUT2D eigenvalue weighted by Crippen LogP contribution is -2.03. The van der Waals surface area contributed by atoms with Gasteiger partial charge in [-0.25, -0.2) is 0 Å². The van der Waals surface area contributed by atoms with Gasteiger partial charge in [0.25, 0.3) is 5.89 Å². The van der Waals surface area contributed by atoms with Gasteiger partial charge >= 0.3 is 6.08 Å². The molecule has 1 aliphatic rings. The van der Waals surface area contributed by atoms with Crippen molar-refractivity contribution in [3.8, 4) is 23.5 Å². The fourth-order valence-electron chi connectivity index (χ4n) is 2.10. The van der Waals surface area contributed by atoms with Gasteiger partial charge in [0.2, 0.25) is 0 Å². The van der Waals surface area contributed by atoms with Crippen LogP contribution in [0, 0.1) is 0 Å². The Balaban J connectivity index is 1.64. The molecule has 7 nitrogen and oxygen atoms in total. The van der Waals surface area contributed by atoms with Crippen molar-refractivity contribution >= 4 is 11.0 Å². The van der Waals surface area contributed by atoms with E-state index in [9.17, 15) is 0 Å². The van der Waals surface area contributed by atoms with Crippen molar-refractivity contribution in [3.05, 3.63) is 24.3 Å². The summed E-state index contributed by atoms with van der Waals surface area (Å²) in [4.78, 5) is 0. The number of nitrogens with zero attached hydrogens (tertiary/aromatic N) is 2. The van der Waals surface area contributed by atoms with Crippen molar-refractivity contribution in [2.24, 2.45) is 0 Å². The summed E-state index contributed by atoms with van der Waals surface area (Å²) in [5.41, 5.74) is 0.695. The lowest BCUT2D eigenvalue weighted by atomic mass is 10.2. The Morgan fingerprint density at radius 3 is 2.95 bits per heavy atom. The molecule has 2 aromatic heterocycles. The smallest absolute Gasteiger partial charge is 0.415 e. The number of furan rings is 1. The van der Waals surface area contributed by atoms with Gasteiger partial charge in [0.1, 0.15) is 24.0 Å². The summed E-state index contributed by atoms with van der Waals surface area (Å²) in [6, 6.07) is 7.45. The number of aromatic nitrogens is 2. The van der Waals surface area contributed by atoms with Crippen LogP contribution < -0.4 is 9.47 Å². The van der Waals surface area contributed by atoms with Gasteiger partial charge in [-0.15, -0.1) is 5.10 Å². The van der Waals surface area contributed by atoms with Gasteiger partial charge in [0.15, 0.2) is 5.76 Å².